The Morgan fingerprint density at radius 2 is 1.21 bits per heavy atom. The van der Waals surface area contributed by atoms with Crippen LogP contribution in [0.5, 0.6) is 0 Å². The van der Waals surface area contributed by atoms with Crippen LogP contribution in [0.15, 0.2) is 29.2 Å². The van der Waals surface area contributed by atoms with Gasteiger partial charge < -0.3 is 14.1 Å². The van der Waals surface area contributed by atoms with E-state index in [9.17, 15) is 13.0 Å². The Hall–Kier alpha value is -0.950. The lowest BCUT2D eigenvalue weighted by Crippen LogP contribution is -2.51. The second-order valence-electron chi connectivity index (χ2n) is 7.64. The average Bonchev–Trinajstić information content (AvgIpc) is 2.67. The van der Waals surface area contributed by atoms with Crippen molar-refractivity contribution >= 4 is 10.1 Å². The minimum atomic E-state index is -4.27. The molecule has 0 aliphatic carbocycles. The fraction of sp³-hybridized carbons (Fsp3) is 0.727. The first-order valence-electron chi connectivity index (χ1n) is 10.7. The summed E-state index contributed by atoms with van der Waals surface area (Å²) in [6.45, 7) is 14.1. The summed E-state index contributed by atoms with van der Waals surface area (Å²) in [6, 6.07) is 5.78. The smallest absolute Gasteiger partial charge is 0.124 e. The van der Waals surface area contributed by atoms with Crippen LogP contribution in [-0.4, -0.2) is 55.3 Å². The van der Waals surface area contributed by atoms with E-state index < -0.39 is 10.1 Å². The molecule has 0 heterocycles. The normalized spacial score (nSPS) is 11.8. The summed E-state index contributed by atoms with van der Waals surface area (Å²) in [6.07, 6.45) is 8.83. The van der Waals surface area contributed by atoms with Crippen LogP contribution in [0.4, 0.5) is 0 Å². The molecule has 0 aliphatic rings. The van der Waals surface area contributed by atoms with Gasteiger partial charge in [-0.1, -0.05) is 57.7 Å². The largest absolute Gasteiger partial charge is 0.744 e. The maximum absolute atomic E-state index is 10.4. The summed E-state index contributed by atoms with van der Waals surface area (Å²) in [5, 5.41) is 9.10. The molecule has 0 aromatic heterocycles. The van der Waals surface area contributed by atoms with E-state index in [2.05, 4.69) is 20.8 Å². The van der Waals surface area contributed by atoms with Crippen molar-refractivity contribution in [3.05, 3.63) is 29.8 Å². The minimum Gasteiger partial charge on any atom is -0.744 e. The molecule has 0 unspecified atom stereocenters. The molecule has 164 valence electrons. The van der Waals surface area contributed by atoms with Crippen molar-refractivity contribution in [2.45, 2.75) is 77.5 Å². The first kappa shape index (κ1) is 27.0. The zero-order valence-electron chi connectivity index (χ0n) is 18.3. The van der Waals surface area contributed by atoms with Gasteiger partial charge in [-0.2, -0.15) is 0 Å². The number of aryl methyl sites for hydroxylation is 1. The van der Waals surface area contributed by atoms with Gasteiger partial charge in [-0.05, 0) is 38.3 Å². The molecule has 0 aliphatic heterocycles. The molecule has 0 radical (unpaired) electrons. The van der Waals surface area contributed by atoms with Gasteiger partial charge in [-0.15, -0.1) is 0 Å². The number of hydrogen-bond donors (Lipinski definition) is 1. The molecule has 1 aromatic carbocycles. The maximum atomic E-state index is 10.4. The third-order valence-corrected chi connectivity index (χ3v) is 5.91. The third-order valence-electron chi connectivity index (χ3n) is 5.06. The van der Waals surface area contributed by atoms with Crippen LogP contribution in [0.2, 0.25) is 0 Å². The Morgan fingerprint density at radius 3 is 1.54 bits per heavy atom. The van der Waals surface area contributed by atoms with Gasteiger partial charge in [0.25, 0.3) is 0 Å². The van der Waals surface area contributed by atoms with Crippen molar-refractivity contribution < 1.29 is 22.6 Å². The number of nitrogens with zero attached hydrogens (tertiary/aromatic N) is 1. The van der Waals surface area contributed by atoms with Crippen LogP contribution in [0, 0.1) is 6.92 Å². The number of aliphatic hydroxyl groups excluding tert-OH is 1. The van der Waals surface area contributed by atoms with Gasteiger partial charge >= 0.3 is 0 Å². The highest BCUT2D eigenvalue weighted by Gasteiger charge is 2.24. The molecule has 6 heteroatoms. The maximum Gasteiger partial charge on any atom is 0.124 e. The topological polar surface area (TPSA) is 77.4 Å². The second kappa shape index (κ2) is 15.0. The van der Waals surface area contributed by atoms with Crippen LogP contribution >= 0.6 is 0 Å². The standard InChI is InChI=1S/C15H34NO.C7H8O3S/c1-4-7-11-16(12-8-5-2,13-9-6-3)14-10-15-17;1-6-2-4-7(5-3-6)11(8,9)10/h17H,4-15H2,1-3H3;2-5H,1H3,(H,8,9,10)/q+1;/p-1. The highest BCUT2D eigenvalue weighted by molar-refractivity contribution is 7.85. The van der Waals surface area contributed by atoms with E-state index in [1.54, 1.807) is 12.1 Å². The van der Waals surface area contributed by atoms with Gasteiger partial charge in [-0.3, -0.25) is 0 Å². The highest BCUT2D eigenvalue weighted by atomic mass is 32.2. The van der Waals surface area contributed by atoms with Crippen molar-refractivity contribution in [1.82, 2.24) is 0 Å². The Labute approximate surface area is 173 Å². The zero-order chi connectivity index (χ0) is 21.5. The van der Waals surface area contributed by atoms with Crippen LogP contribution < -0.4 is 0 Å². The molecule has 0 fully saturated rings. The number of quaternary nitrogens is 1. The van der Waals surface area contributed by atoms with Crippen LogP contribution in [-0.2, 0) is 10.1 Å². The number of hydrogen-bond acceptors (Lipinski definition) is 4. The molecular weight excluding hydrogens is 374 g/mol. The molecule has 0 bridgehead atoms. The summed E-state index contributed by atoms with van der Waals surface area (Å²) in [4.78, 5) is -0.178. The van der Waals surface area contributed by atoms with Crippen LogP contribution in [0.25, 0.3) is 0 Å². The predicted octanol–water partition coefficient (Wildman–Crippen LogP) is 4.49. The predicted molar refractivity (Wildman–Crippen MR) is 115 cm³/mol. The number of benzene rings is 1. The molecule has 0 saturated carbocycles. The van der Waals surface area contributed by atoms with Crippen molar-refractivity contribution in [3.63, 3.8) is 0 Å². The first-order chi connectivity index (χ1) is 13.2. The summed E-state index contributed by atoms with van der Waals surface area (Å²) < 4.78 is 32.4. The Bertz CT molecular complexity index is 562. The van der Waals surface area contributed by atoms with Crippen molar-refractivity contribution in [1.29, 1.82) is 0 Å². The molecule has 0 saturated heterocycles. The summed E-state index contributed by atoms with van der Waals surface area (Å²) in [5.41, 5.74) is 0.928. The molecule has 1 aromatic rings. The lowest BCUT2D eigenvalue weighted by Gasteiger charge is -2.39. The van der Waals surface area contributed by atoms with Crippen LogP contribution in [0.3, 0.4) is 0 Å². The van der Waals surface area contributed by atoms with E-state index in [-0.39, 0.29) is 4.90 Å². The van der Waals surface area contributed by atoms with Gasteiger partial charge in [0.15, 0.2) is 0 Å². The average molecular weight is 416 g/mol. The molecule has 5 nitrogen and oxygen atoms in total. The third kappa shape index (κ3) is 11.8. The van der Waals surface area contributed by atoms with Gasteiger partial charge in [0.05, 0.1) is 31.1 Å². The van der Waals surface area contributed by atoms with Crippen molar-refractivity contribution in [2.24, 2.45) is 0 Å². The van der Waals surface area contributed by atoms with Crippen LogP contribution in [0.1, 0.15) is 71.3 Å². The van der Waals surface area contributed by atoms with Gasteiger partial charge in [-0.25, -0.2) is 8.42 Å². The Kier molecular flexibility index (Phi) is 14.5. The number of unbranched alkanes of at least 4 members (excludes halogenated alkanes) is 3. The molecule has 28 heavy (non-hydrogen) atoms. The zero-order valence-corrected chi connectivity index (χ0v) is 19.1. The summed E-state index contributed by atoms with van der Waals surface area (Å²) in [7, 11) is -4.27. The lowest BCUT2D eigenvalue weighted by molar-refractivity contribution is -0.929. The van der Waals surface area contributed by atoms with E-state index in [0.717, 1.165) is 12.0 Å². The molecular formula is C22H41NO4S. The quantitative estimate of drug-likeness (QED) is 0.380. The SMILES string of the molecule is CCCC[N+](CCCC)(CCCC)CCCO.Cc1ccc(S(=O)(=O)[O-])cc1. The molecule has 0 amide bonds. The van der Waals surface area contributed by atoms with Crippen molar-refractivity contribution in [2.75, 3.05) is 32.8 Å². The monoisotopic (exact) mass is 415 g/mol. The summed E-state index contributed by atoms with van der Waals surface area (Å²) >= 11 is 0. The van der Waals surface area contributed by atoms with Gasteiger partial charge in [0.2, 0.25) is 0 Å². The van der Waals surface area contributed by atoms with E-state index in [1.807, 2.05) is 6.92 Å². The first-order valence-corrected chi connectivity index (χ1v) is 12.1. The van der Waals surface area contributed by atoms with Crippen molar-refractivity contribution in [3.8, 4) is 0 Å². The molecule has 0 atom stereocenters. The van der Waals surface area contributed by atoms with E-state index in [4.69, 9.17) is 5.11 Å². The number of aliphatic hydroxyl groups is 1. The Balaban J connectivity index is 0.000000567. The fourth-order valence-electron chi connectivity index (χ4n) is 3.26. The van der Waals surface area contributed by atoms with Gasteiger partial charge in [0.1, 0.15) is 10.1 Å². The summed E-state index contributed by atoms with van der Waals surface area (Å²) in [5.74, 6) is 0. The lowest BCUT2D eigenvalue weighted by atomic mass is 10.1. The van der Waals surface area contributed by atoms with E-state index >= 15 is 0 Å². The second-order valence-corrected chi connectivity index (χ2v) is 9.02. The van der Waals surface area contributed by atoms with Gasteiger partial charge in [0, 0.05) is 13.0 Å². The minimum absolute atomic E-state index is 0.178. The molecule has 1 rings (SSSR count). The molecule has 1 N–H and O–H groups in total. The van der Waals surface area contributed by atoms with E-state index in [1.165, 1.54) is 81.3 Å². The van der Waals surface area contributed by atoms with E-state index in [0.29, 0.717) is 6.61 Å². The molecule has 0 spiro atoms. The fourth-order valence-corrected chi connectivity index (χ4v) is 3.73. The number of rotatable bonds is 13. The Morgan fingerprint density at radius 1 is 0.821 bits per heavy atom. The highest BCUT2D eigenvalue weighted by Crippen LogP contribution is 2.15.